The van der Waals surface area contributed by atoms with Gasteiger partial charge in [0.15, 0.2) is 0 Å². The van der Waals surface area contributed by atoms with Gasteiger partial charge in [0.1, 0.15) is 5.69 Å². The Kier molecular flexibility index (Phi) is 7.98. The summed E-state index contributed by atoms with van der Waals surface area (Å²) in [5.41, 5.74) is 5.49. The summed E-state index contributed by atoms with van der Waals surface area (Å²) in [5, 5.41) is 18.2. The highest BCUT2D eigenvalue weighted by atomic mass is 32.2. The number of ether oxygens (including phenoxy) is 1. The highest BCUT2D eigenvalue weighted by molar-refractivity contribution is 8.00. The Morgan fingerprint density at radius 1 is 1.05 bits per heavy atom. The molecule has 206 valence electrons. The van der Waals surface area contributed by atoms with Crippen molar-refractivity contribution in [1.82, 2.24) is 25.0 Å². The number of piperidine rings is 2. The number of anilines is 3. The molecule has 2 saturated heterocycles. The van der Waals surface area contributed by atoms with Crippen molar-refractivity contribution < 1.29 is 9.84 Å². The van der Waals surface area contributed by atoms with Gasteiger partial charge in [0.2, 0.25) is 5.95 Å². The molecule has 4 aliphatic heterocycles. The summed E-state index contributed by atoms with van der Waals surface area (Å²) in [5.74, 6) is 1.85. The van der Waals surface area contributed by atoms with Gasteiger partial charge >= 0.3 is 0 Å². The third-order valence-electron chi connectivity index (χ3n) is 7.56. The van der Waals surface area contributed by atoms with Crippen LogP contribution in [-0.2, 0) is 4.74 Å². The summed E-state index contributed by atoms with van der Waals surface area (Å²) >= 11 is 1.49. The molecule has 7 rings (SSSR count). The van der Waals surface area contributed by atoms with Crippen molar-refractivity contribution in [3.63, 3.8) is 0 Å². The minimum Gasteiger partial charge on any atom is -0.395 e. The van der Waals surface area contributed by atoms with E-state index in [1.165, 1.54) is 18.4 Å². The maximum atomic E-state index is 9.18. The van der Waals surface area contributed by atoms with Crippen molar-refractivity contribution >= 4 is 29.3 Å². The number of aliphatic hydroxyl groups excluding tert-OH is 1. The molecule has 10 nitrogen and oxygen atoms in total. The van der Waals surface area contributed by atoms with Gasteiger partial charge in [0.05, 0.1) is 42.6 Å². The van der Waals surface area contributed by atoms with Crippen molar-refractivity contribution in [1.29, 1.82) is 0 Å². The lowest BCUT2D eigenvalue weighted by molar-refractivity contribution is 0.0560. The Morgan fingerprint density at radius 3 is 2.82 bits per heavy atom. The minimum atomic E-state index is 0.135. The number of rotatable bonds is 4. The number of aromatic nitrogens is 5. The number of hydrogen-bond donors (Lipinski definition) is 2. The summed E-state index contributed by atoms with van der Waals surface area (Å²) in [6.07, 6.45) is 11.0. The van der Waals surface area contributed by atoms with Crippen molar-refractivity contribution in [3.05, 3.63) is 48.3 Å². The van der Waals surface area contributed by atoms with Crippen molar-refractivity contribution in [2.24, 2.45) is 5.92 Å². The number of nitrogens with zero attached hydrogens (tertiary/aromatic N) is 7. The first-order valence-electron chi connectivity index (χ1n) is 13.9. The molecule has 6 heterocycles. The third kappa shape index (κ3) is 6.05. The molecule has 11 heteroatoms. The summed E-state index contributed by atoms with van der Waals surface area (Å²) in [6.45, 7) is 6.47. The molecule has 39 heavy (non-hydrogen) atoms. The number of aliphatic hydroxyl groups is 1. The topological polar surface area (TPSA) is 104 Å². The molecule has 3 aromatic rings. The molecule has 1 unspecified atom stereocenters. The van der Waals surface area contributed by atoms with Gasteiger partial charge in [-0.2, -0.15) is 0 Å². The molecular weight excluding hydrogens is 512 g/mol. The average molecular weight is 549 g/mol. The molecule has 8 bridgehead atoms. The van der Waals surface area contributed by atoms with E-state index >= 15 is 0 Å². The molecular formula is C28H36N8O2S. The lowest BCUT2D eigenvalue weighted by Crippen LogP contribution is -2.37. The van der Waals surface area contributed by atoms with Crippen molar-refractivity contribution in [3.8, 4) is 17.1 Å². The van der Waals surface area contributed by atoms with Crippen LogP contribution in [0, 0.1) is 12.8 Å². The van der Waals surface area contributed by atoms with Gasteiger partial charge in [-0.15, -0.1) is 5.10 Å². The molecule has 1 atom stereocenters. The van der Waals surface area contributed by atoms with Crippen LogP contribution in [0.25, 0.3) is 17.1 Å². The van der Waals surface area contributed by atoms with E-state index in [4.69, 9.17) is 14.7 Å². The molecule has 0 saturated carbocycles. The molecule has 4 aliphatic rings. The Bertz CT molecular complexity index is 1310. The maximum absolute atomic E-state index is 9.18. The van der Waals surface area contributed by atoms with Gasteiger partial charge in [-0.1, -0.05) is 29.3 Å². The molecule has 2 aromatic heterocycles. The van der Waals surface area contributed by atoms with E-state index in [1.54, 1.807) is 0 Å². The van der Waals surface area contributed by atoms with Crippen LogP contribution in [0.2, 0.25) is 0 Å². The summed E-state index contributed by atoms with van der Waals surface area (Å²) in [7, 11) is 0. The molecule has 0 spiro atoms. The number of aryl methyl sites for hydroxylation is 1. The molecule has 2 N–H and O–H groups in total. The fraction of sp³-hybridized carbons (Fsp3) is 0.500. The van der Waals surface area contributed by atoms with Gasteiger partial charge < -0.3 is 24.4 Å². The molecule has 0 aliphatic carbocycles. The Morgan fingerprint density at radius 2 is 1.95 bits per heavy atom. The van der Waals surface area contributed by atoms with Gasteiger partial charge in [0, 0.05) is 43.3 Å². The Hall–Kier alpha value is -3.15. The fourth-order valence-corrected chi connectivity index (χ4v) is 6.08. The van der Waals surface area contributed by atoms with Crippen LogP contribution in [-0.4, -0.2) is 81.3 Å². The predicted molar refractivity (Wildman–Crippen MR) is 156 cm³/mol. The standard InChI is InChI=1S/C28H36N8O2S/c1-20-16-24-25-19-36(33-31-25)26-7-6-22(32-39-15-13-37)17-27(26)34-11-8-23(9-12-34)38-14-3-5-21-4-2-10-35(18-21)28(29-20)30-24/h3,5-7,16-17,19,21,23,32,37H,2,4,8-15,18H2,1H3/b5-3-. The van der Waals surface area contributed by atoms with Crippen LogP contribution in [0.4, 0.5) is 17.3 Å². The Labute approximate surface area is 233 Å². The van der Waals surface area contributed by atoms with E-state index in [0.717, 1.165) is 85.5 Å². The SMILES string of the molecule is Cc1cc2nc(n1)N1CCCC(/C=C\COC3CCN(CC3)c3cc(NSCCO)ccc3-n3cc-2nn3)C1. The van der Waals surface area contributed by atoms with E-state index < -0.39 is 0 Å². The van der Waals surface area contributed by atoms with Crippen molar-refractivity contribution in [2.75, 3.05) is 59.7 Å². The molecule has 1 aromatic carbocycles. The zero-order chi connectivity index (χ0) is 26.6. The van der Waals surface area contributed by atoms with Gasteiger partial charge in [0.25, 0.3) is 0 Å². The van der Waals surface area contributed by atoms with Crippen molar-refractivity contribution in [2.45, 2.75) is 38.7 Å². The second-order valence-corrected chi connectivity index (χ2v) is 11.3. The predicted octanol–water partition coefficient (Wildman–Crippen LogP) is 3.86. The van der Waals surface area contributed by atoms with Crippen LogP contribution in [0.1, 0.15) is 31.4 Å². The van der Waals surface area contributed by atoms with Crippen LogP contribution in [0.5, 0.6) is 0 Å². The zero-order valence-electron chi connectivity index (χ0n) is 22.4. The van der Waals surface area contributed by atoms with Crippen LogP contribution >= 0.6 is 11.9 Å². The number of hydrogen-bond acceptors (Lipinski definition) is 10. The van der Waals surface area contributed by atoms with E-state index in [9.17, 15) is 5.11 Å². The van der Waals surface area contributed by atoms with Gasteiger partial charge in [-0.25, -0.2) is 14.6 Å². The van der Waals surface area contributed by atoms with E-state index in [-0.39, 0.29) is 12.7 Å². The van der Waals surface area contributed by atoms with E-state index in [1.807, 2.05) is 29.9 Å². The highest BCUT2D eigenvalue weighted by Gasteiger charge is 2.25. The third-order valence-corrected chi connectivity index (χ3v) is 8.33. The lowest BCUT2D eigenvalue weighted by Gasteiger charge is -2.34. The largest absolute Gasteiger partial charge is 0.395 e. The quantitative estimate of drug-likeness (QED) is 0.284. The van der Waals surface area contributed by atoms with Crippen LogP contribution < -0.4 is 14.5 Å². The smallest absolute Gasteiger partial charge is 0.226 e. The summed E-state index contributed by atoms with van der Waals surface area (Å²) in [4.78, 5) is 14.4. The van der Waals surface area contributed by atoms with E-state index in [0.29, 0.717) is 18.3 Å². The molecule has 0 radical (unpaired) electrons. The summed E-state index contributed by atoms with van der Waals surface area (Å²) < 4.78 is 11.5. The number of nitrogens with one attached hydrogen (secondary N) is 1. The zero-order valence-corrected chi connectivity index (χ0v) is 23.2. The van der Waals surface area contributed by atoms with Gasteiger partial charge in [-0.3, -0.25) is 0 Å². The second kappa shape index (κ2) is 11.9. The Balaban J connectivity index is 1.38. The summed E-state index contributed by atoms with van der Waals surface area (Å²) in [6, 6.07) is 8.27. The number of fused-ring (bicyclic) bond motifs is 4. The monoisotopic (exact) mass is 548 g/mol. The molecule has 2 fully saturated rings. The first-order valence-corrected chi connectivity index (χ1v) is 14.8. The van der Waals surface area contributed by atoms with Crippen LogP contribution in [0.3, 0.4) is 0 Å². The van der Waals surface area contributed by atoms with Crippen LogP contribution in [0.15, 0.2) is 42.6 Å². The fourth-order valence-electron chi connectivity index (χ4n) is 5.59. The average Bonchev–Trinajstić information content (AvgIpc) is 3.46. The maximum Gasteiger partial charge on any atom is 0.226 e. The van der Waals surface area contributed by atoms with E-state index in [2.05, 4.69) is 49.1 Å². The highest BCUT2D eigenvalue weighted by Crippen LogP contribution is 2.32. The minimum absolute atomic E-state index is 0.135. The first-order chi connectivity index (χ1) is 19.2. The first kappa shape index (κ1) is 26.1. The second-order valence-electron chi connectivity index (χ2n) is 10.4. The van der Waals surface area contributed by atoms with Gasteiger partial charge in [-0.05, 0) is 62.8 Å². The normalized spacial score (nSPS) is 22.0. The lowest BCUT2D eigenvalue weighted by atomic mass is 9.98. The molecule has 0 amide bonds. The number of benzene rings is 1.